The lowest BCUT2D eigenvalue weighted by atomic mass is 9.89. The van der Waals surface area contributed by atoms with Gasteiger partial charge in [0.1, 0.15) is 18.8 Å². The molecule has 0 aromatic heterocycles. The van der Waals surface area contributed by atoms with Gasteiger partial charge < -0.3 is 14.2 Å². The second kappa shape index (κ2) is 6.50. The molecule has 0 N–H and O–H groups in total. The second-order valence-corrected chi connectivity index (χ2v) is 4.56. The van der Waals surface area contributed by atoms with Crippen molar-refractivity contribution in [3.05, 3.63) is 47.5 Å². The molecule has 4 heteroatoms. The van der Waals surface area contributed by atoms with Crippen molar-refractivity contribution in [3.63, 3.8) is 0 Å². The Hall–Kier alpha value is -1.65. The van der Waals surface area contributed by atoms with Crippen LogP contribution in [-0.4, -0.2) is 26.5 Å². The van der Waals surface area contributed by atoms with Gasteiger partial charge in [-0.25, -0.2) is 0 Å². The number of carbonyl (C=O) groups excluding carboxylic acids is 1. The Bertz CT molecular complexity index is 452. The minimum absolute atomic E-state index is 0.175. The molecule has 1 aliphatic rings. The molecule has 0 spiro atoms. The highest BCUT2D eigenvalue weighted by Gasteiger charge is 2.41. The zero-order chi connectivity index (χ0) is 13.7. The summed E-state index contributed by atoms with van der Waals surface area (Å²) in [7, 11) is 1.58. The van der Waals surface area contributed by atoms with Crippen molar-refractivity contribution in [2.75, 3.05) is 20.5 Å². The van der Waals surface area contributed by atoms with Gasteiger partial charge in [-0.2, -0.15) is 0 Å². The predicted molar refractivity (Wildman–Crippen MR) is 70.4 cm³/mol. The van der Waals surface area contributed by atoms with Gasteiger partial charge in [0.05, 0.1) is 6.61 Å². The van der Waals surface area contributed by atoms with Gasteiger partial charge in [0, 0.05) is 7.11 Å². The standard InChI is InChI=1S/C15H18O4/c1-11(9-18-10-17-2)8-13-14(19-15(13)16)12-6-4-3-5-7-12/h3-8,13-14H,9-10H2,1-2H3/b11-8+. The quantitative estimate of drug-likeness (QED) is 0.342. The lowest BCUT2D eigenvalue weighted by Crippen LogP contribution is -2.37. The summed E-state index contributed by atoms with van der Waals surface area (Å²) in [5.41, 5.74) is 2.02. The average molecular weight is 262 g/mol. The number of hydrogen-bond donors (Lipinski definition) is 0. The first-order valence-corrected chi connectivity index (χ1v) is 6.22. The fourth-order valence-electron chi connectivity index (χ4n) is 2.04. The molecule has 1 aromatic carbocycles. The van der Waals surface area contributed by atoms with Gasteiger partial charge in [-0.05, 0) is 12.5 Å². The highest BCUT2D eigenvalue weighted by Crippen LogP contribution is 2.38. The molecule has 4 nitrogen and oxygen atoms in total. The second-order valence-electron chi connectivity index (χ2n) is 4.56. The molecule has 0 radical (unpaired) electrons. The van der Waals surface area contributed by atoms with E-state index in [-0.39, 0.29) is 24.8 Å². The molecule has 2 rings (SSSR count). The molecule has 19 heavy (non-hydrogen) atoms. The van der Waals surface area contributed by atoms with Crippen molar-refractivity contribution >= 4 is 5.97 Å². The highest BCUT2D eigenvalue weighted by molar-refractivity contribution is 5.81. The van der Waals surface area contributed by atoms with E-state index in [0.29, 0.717) is 6.61 Å². The SMILES string of the molecule is COCOC/C(C)=C/C1C(=O)OC1c1ccccc1. The molecule has 2 unspecified atom stereocenters. The average Bonchev–Trinajstić information content (AvgIpc) is 2.43. The summed E-state index contributed by atoms with van der Waals surface area (Å²) in [6.07, 6.45) is 1.74. The highest BCUT2D eigenvalue weighted by atomic mass is 16.7. The van der Waals surface area contributed by atoms with Crippen LogP contribution < -0.4 is 0 Å². The fourth-order valence-corrected chi connectivity index (χ4v) is 2.04. The van der Waals surface area contributed by atoms with E-state index >= 15 is 0 Å². The van der Waals surface area contributed by atoms with E-state index in [1.165, 1.54) is 0 Å². The van der Waals surface area contributed by atoms with Crippen molar-refractivity contribution in [2.24, 2.45) is 5.92 Å². The number of rotatable bonds is 6. The summed E-state index contributed by atoms with van der Waals surface area (Å²) < 4.78 is 15.3. The van der Waals surface area contributed by atoms with Crippen LogP contribution in [0, 0.1) is 5.92 Å². The summed E-state index contributed by atoms with van der Waals surface area (Å²) in [6.45, 7) is 2.64. The minimum atomic E-state index is -0.214. The number of cyclic esters (lactones) is 1. The molecule has 0 aliphatic carbocycles. The minimum Gasteiger partial charge on any atom is -0.456 e. The maximum Gasteiger partial charge on any atom is 0.317 e. The van der Waals surface area contributed by atoms with Gasteiger partial charge in [-0.3, -0.25) is 4.79 Å². The van der Waals surface area contributed by atoms with Crippen molar-refractivity contribution in [3.8, 4) is 0 Å². The molecule has 102 valence electrons. The predicted octanol–water partition coefficient (Wildman–Crippen LogP) is 2.47. The Kier molecular flexibility index (Phi) is 4.71. The van der Waals surface area contributed by atoms with Gasteiger partial charge in [0.25, 0.3) is 0 Å². The van der Waals surface area contributed by atoms with Gasteiger partial charge in [0.2, 0.25) is 0 Å². The van der Waals surface area contributed by atoms with Crippen LogP contribution in [0.1, 0.15) is 18.6 Å². The molecule has 0 saturated carbocycles. The number of methoxy groups -OCH3 is 1. The van der Waals surface area contributed by atoms with Crippen molar-refractivity contribution in [2.45, 2.75) is 13.0 Å². The third-order valence-electron chi connectivity index (χ3n) is 2.96. The molecule has 0 amide bonds. The molecule has 1 aliphatic heterocycles. The zero-order valence-corrected chi connectivity index (χ0v) is 11.2. The first-order valence-electron chi connectivity index (χ1n) is 6.22. The van der Waals surface area contributed by atoms with Crippen LogP contribution in [0.25, 0.3) is 0 Å². The summed E-state index contributed by atoms with van der Waals surface area (Å²) in [5.74, 6) is -0.395. The van der Waals surface area contributed by atoms with Crippen molar-refractivity contribution in [1.82, 2.24) is 0 Å². The largest absolute Gasteiger partial charge is 0.456 e. The molecule has 1 fully saturated rings. The smallest absolute Gasteiger partial charge is 0.317 e. The molecule has 1 saturated heterocycles. The molecule has 0 bridgehead atoms. The molecule has 2 atom stereocenters. The number of esters is 1. The Balaban J connectivity index is 1.98. The maximum atomic E-state index is 11.5. The number of benzene rings is 1. The number of ether oxygens (including phenoxy) is 3. The summed E-state index contributed by atoms with van der Waals surface area (Å²) >= 11 is 0. The van der Waals surface area contributed by atoms with E-state index in [4.69, 9.17) is 14.2 Å². The summed E-state index contributed by atoms with van der Waals surface area (Å²) in [6, 6.07) is 9.76. The Morgan fingerprint density at radius 2 is 2.11 bits per heavy atom. The van der Waals surface area contributed by atoms with Crippen LogP contribution >= 0.6 is 0 Å². The van der Waals surface area contributed by atoms with E-state index in [9.17, 15) is 4.79 Å². The van der Waals surface area contributed by atoms with Crippen LogP contribution in [0.15, 0.2) is 42.0 Å². The maximum absolute atomic E-state index is 11.5. The molecular formula is C15H18O4. The lowest BCUT2D eigenvalue weighted by Gasteiger charge is -2.34. The van der Waals surface area contributed by atoms with Gasteiger partial charge in [-0.1, -0.05) is 42.0 Å². The van der Waals surface area contributed by atoms with Crippen molar-refractivity contribution in [1.29, 1.82) is 0 Å². The van der Waals surface area contributed by atoms with E-state index in [2.05, 4.69) is 0 Å². The van der Waals surface area contributed by atoms with Crippen LogP contribution in [0.3, 0.4) is 0 Å². The van der Waals surface area contributed by atoms with Crippen LogP contribution in [-0.2, 0) is 19.0 Å². The Morgan fingerprint density at radius 3 is 2.74 bits per heavy atom. The number of carbonyl (C=O) groups is 1. The third kappa shape index (κ3) is 3.43. The van der Waals surface area contributed by atoms with E-state index in [0.717, 1.165) is 11.1 Å². The first kappa shape index (κ1) is 13.8. The van der Waals surface area contributed by atoms with Crippen LogP contribution in [0.4, 0.5) is 0 Å². The van der Waals surface area contributed by atoms with Gasteiger partial charge in [0.15, 0.2) is 0 Å². The van der Waals surface area contributed by atoms with Crippen molar-refractivity contribution < 1.29 is 19.0 Å². The molecule has 1 heterocycles. The van der Waals surface area contributed by atoms with Crippen LogP contribution in [0.2, 0.25) is 0 Å². The van der Waals surface area contributed by atoms with E-state index in [1.54, 1.807) is 7.11 Å². The monoisotopic (exact) mass is 262 g/mol. The topological polar surface area (TPSA) is 44.8 Å². The molecule has 1 aromatic rings. The number of hydrogen-bond acceptors (Lipinski definition) is 4. The normalized spacial score (nSPS) is 22.8. The zero-order valence-electron chi connectivity index (χ0n) is 11.2. The van der Waals surface area contributed by atoms with E-state index < -0.39 is 0 Å². The Labute approximate surface area is 113 Å². The lowest BCUT2D eigenvalue weighted by molar-refractivity contribution is -0.180. The van der Waals surface area contributed by atoms with Gasteiger partial charge in [-0.15, -0.1) is 0 Å². The summed E-state index contributed by atoms with van der Waals surface area (Å²) in [4.78, 5) is 11.5. The molecular weight excluding hydrogens is 244 g/mol. The summed E-state index contributed by atoms with van der Waals surface area (Å²) in [5, 5.41) is 0. The fraction of sp³-hybridized carbons (Fsp3) is 0.400. The van der Waals surface area contributed by atoms with Crippen LogP contribution in [0.5, 0.6) is 0 Å². The Morgan fingerprint density at radius 1 is 1.37 bits per heavy atom. The van der Waals surface area contributed by atoms with E-state index in [1.807, 2.05) is 43.3 Å². The van der Waals surface area contributed by atoms with Gasteiger partial charge >= 0.3 is 5.97 Å². The first-order chi connectivity index (χ1) is 9.22. The third-order valence-corrected chi connectivity index (χ3v) is 2.96.